The number of carbonyl (C=O) groups is 4. The van der Waals surface area contributed by atoms with E-state index >= 15 is 0 Å². The number of imide groups is 2. The Morgan fingerprint density at radius 1 is 1.05 bits per heavy atom. The third kappa shape index (κ3) is 4.86. The number of aromatic nitrogens is 4. The number of nitrogens with zero attached hydrogens (tertiary/aromatic N) is 6. The van der Waals surface area contributed by atoms with Gasteiger partial charge in [0.15, 0.2) is 0 Å². The topological polar surface area (TPSA) is 163 Å². The van der Waals surface area contributed by atoms with Crippen molar-refractivity contribution in [3.8, 4) is 17.3 Å². The van der Waals surface area contributed by atoms with Crippen molar-refractivity contribution < 1.29 is 19.2 Å². The number of carbonyl (C=O) groups excluding carboxylic acids is 4. The molecule has 1 aliphatic carbocycles. The molecule has 1 unspecified atom stereocenters. The van der Waals surface area contributed by atoms with Gasteiger partial charge in [-0.25, -0.2) is 4.98 Å². The first kappa shape index (κ1) is 27.4. The molecule has 1 atom stereocenters. The van der Waals surface area contributed by atoms with Gasteiger partial charge in [-0.05, 0) is 68.4 Å². The molecule has 7 rings (SSSR count). The minimum atomic E-state index is -0.970. The van der Waals surface area contributed by atoms with Crippen LogP contribution in [0.1, 0.15) is 70.8 Å². The number of anilines is 1. The van der Waals surface area contributed by atoms with E-state index in [1.54, 1.807) is 42.7 Å². The standard InChI is InChI=1S/C32H28N8O4/c33-14-19-4-1-5-25-29(19)35-16-26(37-25)20-15-36-39(17-20)22-11-18(12-22)3-2-10-34-21-6-7-23-24(13-21)32(44)40(31(23)43)27-8-9-28(41)38-30(27)42/h1,4-7,13,15-18,22,27,34H,2-3,8-12H2,(H,38,41,42). The molecular weight excluding hydrogens is 560 g/mol. The van der Waals surface area contributed by atoms with E-state index in [2.05, 4.69) is 31.8 Å². The highest BCUT2D eigenvalue weighted by atomic mass is 16.2. The lowest BCUT2D eigenvalue weighted by molar-refractivity contribution is -0.136. The van der Waals surface area contributed by atoms with Crippen LogP contribution >= 0.6 is 0 Å². The Hall–Kier alpha value is -5.44. The van der Waals surface area contributed by atoms with E-state index in [1.165, 1.54) is 0 Å². The zero-order valence-electron chi connectivity index (χ0n) is 23.7. The van der Waals surface area contributed by atoms with Crippen LogP contribution in [0, 0.1) is 17.2 Å². The minimum Gasteiger partial charge on any atom is -0.385 e. The molecule has 1 saturated heterocycles. The lowest BCUT2D eigenvalue weighted by Gasteiger charge is -2.35. The van der Waals surface area contributed by atoms with Crippen LogP contribution < -0.4 is 10.6 Å². The number of nitriles is 1. The molecule has 220 valence electrons. The minimum absolute atomic E-state index is 0.0908. The average molecular weight is 589 g/mol. The number of amides is 4. The second-order valence-electron chi connectivity index (χ2n) is 11.5. The van der Waals surface area contributed by atoms with Crippen LogP contribution in [-0.2, 0) is 9.59 Å². The smallest absolute Gasteiger partial charge is 0.262 e. The molecule has 3 aliphatic rings. The van der Waals surface area contributed by atoms with Gasteiger partial charge in [0.05, 0.1) is 46.3 Å². The second kappa shape index (κ2) is 11.0. The van der Waals surface area contributed by atoms with Crippen LogP contribution in [0.4, 0.5) is 5.69 Å². The molecule has 0 bridgehead atoms. The Morgan fingerprint density at radius 2 is 1.89 bits per heavy atom. The van der Waals surface area contributed by atoms with Crippen molar-refractivity contribution in [3.63, 3.8) is 0 Å². The van der Waals surface area contributed by atoms with Crippen molar-refractivity contribution in [2.24, 2.45) is 5.92 Å². The molecule has 0 radical (unpaired) electrons. The first-order valence-corrected chi connectivity index (χ1v) is 14.7. The molecule has 12 nitrogen and oxygen atoms in total. The average Bonchev–Trinajstić information content (AvgIpc) is 3.58. The largest absolute Gasteiger partial charge is 0.385 e. The van der Waals surface area contributed by atoms with Crippen LogP contribution in [0.15, 0.2) is 55.0 Å². The highest BCUT2D eigenvalue weighted by Gasteiger charge is 2.44. The van der Waals surface area contributed by atoms with Gasteiger partial charge in [-0.3, -0.25) is 39.1 Å². The Labute approximate surface area is 252 Å². The predicted molar refractivity (Wildman–Crippen MR) is 158 cm³/mol. The number of rotatable bonds is 8. The lowest BCUT2D eigenvalue weighted by atomic mass is 9.77. The Bertz CT molecular complexity index is 1890. The van der Waals surface area contributed by atoms with Crippen molar-refractivity contribution in [2.45, 2.75) is 50.6 Å². The second-order valence-corrected chi connectivity index (χ2v) is 11.5. The van der Waals surface area contributed by atoms with Crippen molar-refractivity contribution in [1.29, 1.82) is 5.26 Å². The molecule has 2 aromatic carbocycles. The maximum absolute atomic E-state index is 13.0. The van der Waals surface area contributed by atoms with Crippen molar-refractivity contribution in [2.75, 3.05) is 11.9 Å². The summed E-state index contributed by atoms with van der Waals surface area (Å²) in [4.78, 5) is 59.8. The molecule has 2 N–H and O–H groups in total. The Kier molecular flexibility index (Phi) is 6.85. The van der Waals surface area contributed by atoms with E-state index in [1.807, 2.05) is 16.9 Å². The number of fused-ring (bicyclic) bond motifs is 2. The quantitative estimate of drug-likeness (QED) is 0.231. The van der Waals surface area contributed by atoms with Crippen molar-refractivity contribution >= 4 is 40.3 Å². The van der Waals surface area contributed by atoms with Crippen molar-refractivity contribution in [1.82, 2.24) is 30.0 Å². The van der Waals surface area contributed by atoms with Crippen LogP contribution in [0.2, 0.25) is 0 Å². The third-order valence-electron chi connectivity index (χ3n) is 8.73. The molecule has 4 amide bonds. The molecule has 2 aliphatic heterocycles. The summed E-state index contributed by atoms with van der Waals surface area (Å²) in [5, 5.41) is 19.4. The number of hydrogen-bond donors (Lipinski definition) is 2. The maximum atomic E-state index is 13.0. The number of nitrogens with one attached hydrogen (secondary N) is 2. The molecule has 0 spiro atoms. The van der Waals surface area contributed by atoms with Crippen LogP contribution in [0.3, 0.4) is 0 Å². The zero-order valence-corrected chi connectivity index (χ0v) is 23.7. The normalized spacial score (nSPS) is 21.2. The fourth-order valence-corrected chi connectivity index (χ4v) is 6.30. The summed E-state index contributed by atoms with van der Waals surface area (Å²) in [5.74, 6) is -1.43. The van der Waals surface area contributed by atoms with Gasteiger partial charge in [-0.15, -0.1) is 0 Å². The van der Waals surface area contributed by atoms with E-state index in [-0.39, 0.29) is 24.0 Å². The van der Waals surface area contributed by atoms with Gasteiger partial charge in [0.2, 0.25) is 11.8 Å². The summed E-state index contributed by atoms with van der Waals surface area (Å²) in [5.41, 5.74) is 4.68. The predicted octanol–water partition coefficient (Wildman–Crippen LogP) is 3.61. The number of benzene rings is 2. The summed E-state index contributed by atoms with van der Waals surface area (Å²) in [6.45, 7) is 0.721. The van der Waals surface area contributed by atoms with E-state index < -0.39 is 29.7 Å². The molecule has 12 heteroatoms. The molecule has 44 heavy (non-hydrogen) atoms. The Balaban J connectivity index is 0.893. The van der Waals surface area contributed by atoms with Gasteiger partial charge in [-0.2, -0.15) is 10.4 Å². The molecule has 1 saturated carbocycles. The SMILES string of the molecule is N#Cc1cccc2nc(-c3cnn(C4CC(CCCNc5ccc6c(c5)C(=O)N(C5CCC(=O)NC5=O)C6=O)C4)c3)cnc12. The number of piperidine rings is 1. The Morgan fingerprint density at radius 3 is 2.70 bits per heavy atom. The van der Waals surface area contributed by atoms with Gasteiger partial charge in [0.1, 0.15) is 17.6 Å². The van der Waals surface area contributed by atoms with Gasteiger partial charge >= 0.3 is 0 Å². The maximum Gasteiger partial charge on any atom is 0.262 e. The van der Waals surface area contributed by atoms with E-state index in [0.717, 1.165) is 54.1 Å². The summed E-state index contributed by atoms with van der Waals surface area (Å²) < 4.78 is 2.00. The zero-order chi connectivity index (χ0) is 30.4. The fourth-order valence-electron chi connectivity index (χ4n) is 6.30. The summed E-state index contributed by atoms with van der Waals surface area (Å²) >= 11 is 0. The third-order valence-corrected chi connectivity index (χ3v) is 8.73. The summed E-state index contributed by atoms with van der Waals surface area (Å²) in [7, 11) is 0. The monoisotopic (exact) mass is 588 g/mol. The first-order valence-electron chi connectivity index (χ1n) is 14.7. The first-order chi connectivity index (χ1) is 21.4. The van der Waals surface area contributed by atoms with Gasteiger partial charge < -0.3 is 5.32 Å². The highest BCUT2D eigenvalue weighted by Crippen LogP contribution is 2.40. The van der Waals surface area contributed by atoms with Crippen LogP contribution in [0.25, 0.3) is 22.3 Å². The molecular formula is C32H28N8O4. The van der Waals surface area contributed by atoms with E-state index in [9.17, 15) is 24.4 Å². The fraction of sp³-hybridized carbons (Fsp3) is 0.312. The molecule has 2 aromatic heterocycles. The van der Waals surface area contributed by atoms with Gasteiger partial charge in [0, 0.05) is 30.4 Å². The molecule has 4 heterocycles. The van der Waals surface area contributed by atoms with Crippen LogP contribution in [-0.4, -0.2) is 60.9 Å². The van der Waals surface area contributed by atoms with E-state index in [4.69, 9.17) is 0 Å². The highest BCUT2D eigenvalue weighted by molar-refractivity contribution is 6.23. The number of hydrogen-bond acceptors (Lipinski definition) is 9. The van der Waals surface area contributed by atoms with Crippen molar-refractivity contribution in [3.05, 3.63) is 71.7 Å². The summed E-state index contributed by atoms with van der Waals surface area (Å²) in [6.07, 6.45) is 9.82. The summed E-state index contributed by atoms with van der Waals surface area (Å²) in [6, 6.07) is 12.0. The van der Waals surface area contributed by atoms with Crippen LogP contribution in [0.5, 0.6) is 0 Å². The molecule has 4 aromatic rings. The molecule has 2 fully saturated rings. The lowest BCUT2D eigenvalue weighted by Crippen LogP contribution is -2.54. The van der Waals surface area contributed by atoms with Gasteiger partial charge in [-0.1, -0.05) is 6.07 Å². The van der Waals surface area contributed by atoms with E-state index in [0.29, 0.717) is 28.6 Å². The van der Waals surface area contributed by atoms with Gasteiger partial charge in [0.25, 0.3) is 11.8 Å². The number of para-hydroxylation sites is 1.